The second kappa shape index (κ2) is 5.26. The first-order valence-corrected chi connectivity index (χ1v) is 6.91. The lowest BCUT2D eigenvalue weighted by atomic mass is 10.1. The van der Waals surface area contributed by atoms with Crippen molar-refractivity contribution < 1.29 is 9.53 Å². The lowest BCUT2D eigenvalue weighted by molar-refractivity contribution is 0.101. The van der Waals surface area contributed by atoms with Gasteiger partial charge in [0.1, 0.15) is 5.75 Å². The average molecular weight is 285 g/mol. The van der Waals surface area contributed by atoms with E-state index in [-0.39, 0.29) is 17.4 Å². The molecule has 1 aromatic carbocycles. The zero-order chi connectivity index (χ0) is 13.9. The Morgan fingerprint density at radius 1 is 1.20 bits per heavy atom. The van der Waals surface area contributed by atoms with Crippen LogP contribution in [0.5, 0.6) is 11.6 Å². The number of hydrogen-bond acceptors (Lipinski definition) is 5. The van der Waals surface area contributed by atoms with Crippen LogP contribution in [0.2, 0.25) is 0 Å². The maximum atomic E-state index is 11.3. The van der Waals surface area contributed by atoms with E-state index in [0.717, 1.165) is 5.56 Å². The number of ether oxygens (including phenoxy) is 1. The van der Waals surface area contributed by atoms with Crippen LogP contribution in [0.25, 0.3) is 11.1 Å². The monoisotopic (exact) mass is 285 g/mol. The lowest BCUT2D eigenvalue weighted by Crippen LogP contribution is -1.96. The van der Waals surface area contributed by atoms with Crippen molar-refractivity contribution in [3.05, 3.63) is 46.8 Å². The highest BCUT2D eigenvalue weighted by Crippen LogP contribution is 2.27. The lowest BCUT2D eigenvalue weighted by Gasteiger charge is -2.04. The Bertz CT molecular complexity index is 717. The Labute approximate surface area is 119 Å². The van der Waals surface area contributed by atoms with Crippen LogP contribution < -0.4 is 4.74 Å². The minimum absolute atomic E-state index is 0.167. The Hall–Kier alpha value is -2.47. The molecule has 100 valence electrons. The topological polar surface area (TPSA) is 67.9 Å². The Balaban J connectivity index is 1.82. The number of carbonyl (C=O) groups is 1. The molecule has 20 heavy (non-hydrogen) atoms. The fourth-order valence-electron chi connectivity index (χ4n) is 1.77. The Morgan fingerprint density at radius 3 is 2.65 bits per heavy atom. The van der Waals surface area contributed by atoms with Crippen molar-refractivity contribution in [3.63, 3.8) is 0 Å². The summed E-state index contributed by atoms with van der Waals surface area (Å²) in [4.78, 5) is 11.3. The van der Waals surface area contributed by atoms with E-state index in [4.69, 9.17) is 4.74 Å². The van der Waals surface area contributed by atoms with Gasteiger partial charge in [0.15, 0.2) is 11.5 Å². The van der Waals surface area contributed by atoms with Crippen LogP contribution in [0, 0.1) is 0 Å². The predicted octanol–water partition coefficient (Wildman–Crippen LogP) is 3.53. The van der Waals surface area contributed by atoms with Gasteiger partial charge in [-0.2, -0.15) is 11.3 Å². The minimum Gasteiger partial charge on any atom is -0.436 e. The van der Waals surface area contributed by atoms with E-state index in [1.54, 1.807) is 11.3 Å². The molecule has 0 fully saturated rings. The first-order valence-electron chi connectivity index (χ1n) is 5.96. The van der Waals surface area contributed by atoms with Gasteiger partial charge < -0.3 is 4.74 Å². The van der Waals surface area contributed by atoms with Gasteiger partial charge in [0.05, 0.1) is 0 Å². The third-order valence-corrected chi connectivity index (χ3v) is 3.48. The summed E-state index contributed by atoms with van der Waals surface area (Å²) in [6, 6.07) is 9.67. The molecule has 0 aliphatic carbocycles. The number of ketones is 1. The molecule has 0 saturated heterocycles. The summed E-state index contributed by atoms with van der Waals surface area (Å²) >= 11 is 1.66. The average Bonchev–Trinajstić information content (AvgIpc) is 3.10. The summed E-state index contributed by atoms with van der Waals surface area (Å²) < 4.78 is 5.56. The number of Topliss-reactive ketones (excluding diaryl/α,β-unsaturated/α-hetero) is 1. The molecule has 0 spiro atoms. The smallest absolute Gasteiger partial charge is 0.269 e. The highest BCUT2D eigenvalue weighted by molar-refractivity contribution is 7.08. The van der Waals surface area contributed by atoms with Gasteiger partial charge in [-0.3, -0.25) is 9.89 Å². The highest BCUT2D eigenvalue weighted by Gasteiger charge is 2.13. The van der Waals surface area contributed by atoms with Crippen LogP contribution >= 0.6 is 11.3 Å². The van der Waals surface area contributed by atoms with Gasteiger partial charge in [-0.25, -0.2) is 0 Å². The van der Waals surface area contributed by atoms with Crippen molar-refractivity contribution in [2.24, 2.45) is 0 Å². The van der Waals surface area contributed by atoms with Crippen molar-refractivity contribution >= 4 is 17.1 Å². The number of hydrogen-bond donors (Lipinski definition) is 1. The second-order valence-corrected chi connectivity index (χ2v) is 4.97. The van der Waals surface area contributed by atoms with Crippen LogP contribution in [0.1, 0.15) is 17.4 Å². The standard InChI is InChI=1S/C14H11N3O2S/c1-9(18)13-14(16-17-15-13)19-12-4-2-10(3-5-12)11-6-7-20-8-11/h2-8H,1H3,(H,15,16,17). The van der Waals surface area contributed by atoms with E-state index in [9.17, 15) is 4.79 Å². The van der Waals surface area contributed by atoms with Crippen LogP contribution in [-0.4, -0.2) is 21.2 Å². The van der Waals surface area contributed by atoms with Crippen LogP contribution in [0.15, 0.2) is 41.1 Å². The number of aromatic amines is 1. The van der Waals surface area contributed by atoms with E-state index in [1.165, 1.54) is 12.5 Å². The molecule has 3 aromatic rings. The normalized spacial score (nSPS) is 10.4. The predicted molar refractivity (Wildman–Crippen MR) is 76.2 cm³/mol. The number of carbonyl (C=O) groups excluding carboxylic acids is 1. The first-order chi connectivity index (χ1) is 9.74. The number of aromatic nitrogens is 3. The summed E-state index contributed by atoms with van der Waals surface area (Å²) in [5.74, 6) is 0.640. The maximum absolute atomic E-state index is 11.3. The van der Waals surface area contributed by atoms with E-state index < -0.39 is 0 Å². The van der Waals surface area contributed by atoms with E-state index in [2.05, 4.69) is 26.9 Å². The van der Waals surface area contributed by atoms with Crippen LogP contribution in [0.4, 0.5) is 0 Å². The number of thiophene rings is 1. The molecule has 0 unspecified atom stereocenters. The second-order valence-electron chi connectivity index (χ2n) is 4.19. The van der Waals surface area contributed by atoms with Gasteiger partial charge in [0.2, 0.25) is 0 Å². The number of rotatable bonds is 4. The third-order valence-electron chi connectivity index (χ3n) is 2.79. The molecule has 0 aliphatic rings. The van der Waals surface area contributed by atoms with Gasteiger partial charge in [-0.1, -0.05) is 22.4 Å². The molecule has 6 heteroatoms. The fraction of sp³-hybridized carbons (Fsp3) is 0.0714. The van der Waals surface area contributed by atoms with Gasteiger partial charge in [0, 0.05) is 6.92 Å². The van der Waals surface area contributed by atoms with E-state index >= 15 is 0 Å². The molecule has 0 amide bonds. The quantitative estimate of drug-likeness (QED) is 0.745. The SMILES string of the molecule is CC(=O)c1[nH]nnc1Oc1ccc(-c2ccsc2)cc1. The van der Waals surface area contributed by atoms with E-state index in [0.29, 0.717) is 5.75 Å². The summed E-state index contributed by atoms with van der Waals surface area (Å²) in [6.45, 7) is 1.43. The largest absolute Gasteiger partial charge is 0.436 e. The zero-order valence-electron chi connectivity index (χ0n) is 10.7. The first kappa shape index (κ1) is 12.6. The molecule has 0 bridgehead atoms. The fourth-order valence-corrected chi connectivity index (χ4v) is 2.44. The Kier molecular flexibility index (Phi) is 3.30. The summed E-state index contributed by atoms with van der Waals surface area (Å²) in [7, 11) is 0. The molecule has 0 radical (unpaired) electrons. The summed E-state index contributed by atoms with van der Waals surface area (Å²) in [5, 5.41) is 14.0. The number of benzene rings is 1. The summed E-state index contributed by atoms with van der Waals surface area (Å²) in [6.07, 6.45) is 0. The molecule has 1 N–H and O–H groups in total. The van der Waals surface area contributed by atoms with Gasteiger partial charge in [-0.05, 0) is 40.1 Å². The van der Waals surface area contributed by atoms with Crippen molar-refractivity contribution in [1.29, 1.82) is 0 Å². The van der Waals surface area contributed by atoms with E-state index in [1.807, 2.05) is 29.6 Å². The van der Waals surface area contributed by atoms with Gasteiger partial charge in [-0.15, -0.1) is 0 Å². The molecule has 3 rings (SSSR count). The molecule has 0 aliphatic heterocycles. The van der Waals surface area contributed by atoms with Crippen molar-refractivity contribution in [2.45, 2.75) is 6.92 Å². The molecule has 0 atom stereocenters. The third kappa shape index (κ3) is 2.46. The molecule has 0 saturated carbocycles. The number of nitrogens with zero attached hydrogens (tertiary/aromatic N) is 2. The summed E-state index contributed by atoms with van der Waals surface area (Å²) in [5.41, 5.74) is 2.56. The molecular formula is C14H11N3O2S. The zero-order valence-corrected chi connectivity index (χ0v) is 11.5. The molecule has 5 nitrogen and oxygen atoms in total. The van der Waals surface area contributed by atoms with Crippen molar-refractivity contribution in [3.8, 4) is 22.8 Å². The minimum atomic E-state index is -0.167. The molecule has 2 aromatic heterocycles. The number of H-pyrrole nitrogens is 1. The molecule has 2 heterocycles. The highest BCUT2D eigenvalue weighted by atomic mass is 32.1. The van der Waals surface area contributed by atoms with Gasteiger partial charge >= 0.3 is 0 Å². The van der Waals surface area contributed by atoms with Crippen molar-refractivity contribution in [2.75, 3.05) is 0 Å². The number of nitrogens with one attached hydrogen (secondary N) is 1. The van der Waals surface area contributed by atoms with Crippen LogP contribution in [-0.2, 0) is 0 Å². The van der Waals surface area contributed by atoms with Gasteiger partial charge in [0.25, 0.3) is 5.88 Å². The molecular weight excluding hydrogens is 274 g/mol. The maximum Gasteiger partial charge on any atom is 0.269 e. The van der Waals surface area contributed by atoms with Crippen LogP contribution in [0.3, 0.4) is 0 Å². The van der Waals surface area contributed by atoms with Crippen molar-refractivity contribution in [1.82, 2.24) is 15.4 Å². The Morgan fingerprint density at radius 2 is 2.00 bits per heavy atom.